The Morgan fingerprint density at radius 3 is 2.58 bits per heavy atom. The van der Waals surface area contributed by atoms with Crippen molar-refractivity contribution >= 4 is 34.9 Å². The van der Waals surface area contributed by atoms with Gasteiger partial charge in [-0.2, -0.15) is 4.98 Å². The van der Waals surface area contributed by atoms with Crippen molar-refractivity contribution in [3.63, 3.8) is 0 Å². The van der Waals surface area contributed by atoms with Crippen LogP contribution >= 0.6 is 11.6 Å². The van der Waals surface area contributed by atoms with Gasteiger partial charge < -0.3 is 15.8 Å². The molecule has 0 aliphatic rings. The lowest BCUT2D eigenvalue weighted by Gasteiger charge is -2.13. The van der Waals surface area contributed by atoms with Gasteiger partial charge >= 0.3 is 6.36 Å². The smallest absolute Gasteiger partial charge is 0.406 e. The summed E-state index contributed by atoms with van der Waals surface area (Å²) in [7, 11) is 0. The molecular formula is C19H13ClF3N5O3. The number of hydrogen-bond acceptors (Lipinski definition) is 7. The minimum atomic E-state index is -4.92. The largest absolute Gasteiger partial charge is 0.573 e. The van der Waals surface area contributed by atoms with Crippen LogP contribution < -0.4 is 15.8 Å². The number of halogens is 4. The SMILES string of the molecule is NC(=O)c1cccc(-c2ncnc(Nc3ccc(OC(F)(F)F)cc3C(=O)CCl)n2)c1. The fraction of sp³-hybridized carbons (Fsp3) is 0.105. The number of amides is 1. The standard InChI is InChI=1S/C19H13ClF3N5O3/c20-8-15(29)13-7-12(31-19(21,22)23)4-5-14(13)27-18-26-9-25-17(28-18)11-3-1-2-10(6-11)16(24)30/h1-7,9H,8H2,(H2,24,30)(H,25,26,27,28). The molecule has 1 aromatic heterocycles. The number of primary amides is 1. The summed E-state index contributed by atoms with van der Waals surface area (Å²) in [6.45, 7) is 0. The second-order valence-electron chi connectivity index (χ2n) is 6.01. The molecule has 8 nitrogen and oxygen atoms in total. The zero-order valence-corrected chi connectivity index (χ0v) is 16.2. The van der Waals surface area contributed by atoms with Crippen molar-refractivity contribution < 1.29 is 27.5 Å². The number of carbonyl (C=O) groups excluding carboxylic acids is 2. The molecule has 0 bridgehead atoms. The second-order valence-corrected chi connectivity index (χ2v) is 6.28. The summed E-state index contributed by atoms with van der Waals surface area (Å²) in [6, 6.07) is 9.42. The number of ether oxygens (including phenoxy) is 1. The second kappa shape index (κ2) is 8.96. The number of carbonyl (C=O) groups is 2. The Kier molecular flexibility index (Phi) is 6.35. The van der Waals surface area contributed by atoms with Crippen molar-refractivity contribution in [3.8, 4) is 17.1 Å². The summed E-state index contributed by atoms with van der Waals surface area (Å²) >= 11 is 5.57. The van der Waals surface area contributed by atoms with E-state index in [-0.39, 0.29) is 28.6 Å². The number of anilines is 2. The lowest BCUT2D eigenvalue weighted by molar-refractivity contribution is -0.274. The first-order valence-corrected chi connectivity index (χ1v) is 9.05. The molecule has 0 saturated heterocycles. The Morgan fingerprint density at radius 2 is 1.90 bits per heavy atom. The van der Waals surface area contributed by atoms with Gasteiger partial charge in [0.25, 0.3) is 0 Å². The van der Waals surface area contributed by atoms with Gasteiger partial charge in [0, 0.05) is 16.7 Å². The molecule has 0 fully saturated rings. The van der Waals surface area contributed by atoms with E-state index >= 15 is 0 Å². The first kappa shape index (κ1) is 22.0. The third-order valence-corrected chi connectivity index (χ3v) is 4.11. The van der Waals surface area contributed by atoms with E-state index in [4.69, 9.17) is 17.3 Å². The number of aromatic nitrogens is 3. The fourth-order valence-corrected chi connectivity index (χ4v) is 2.70. The summed E-state index contributed by atoms with van der Waals surface area (Å²) in [5.74, 6) is -2.11. The van der Waals surface area contributed by atoms with Gasteiger partial charge in [-0.05, 0) is 30.3 Å². The molecule has 160 valence electrons. The number of ketones is 1. The molecule has 12 heteroatoms. The molecule has 0 spiro atoms. The number of nitrogens with zero attached hydrogens (tertiary/aromatic N) is 3. The number of alkyl halides is 4. The van der Waals surface area contributed by atoms with Crippen LogP contribution in [0.25, 0.3) is 11.4 Å². The third-order valence-electron chi connectivity index (χ3n) is 3.87. The lowest BCUT2D eigenvalue weighted by atomic mass is 10.1. The highest BCUT2D eigenvalue weighted by molar-refractivity contribution is 6.31. The number of Topliss-reactive ketones (excluding diaryl/α,β-unsaturated/α-hetero) is 1. The van der Waals surface area contributed by atoms with Gasteiger partial charge in [0.1, 0.15) is 12.1 Å². The van der Waals surface area contributed by atoms with Crippen molar-refractivity contribution in [1.82, 2.24) is 15.0 Å². The Morgan fingerprint density at radius 1 is 1.13 bits per heavy atom. The number of hydrogen-bond donors (Lipinski definition) is 2. The molecule has 0 atom stereocenters. The molecule has 0 aliphatic carbocycles. The Bertz CT molecular complexity index is 1140. The van der Waals surface area contributed by atoms with Crippen molar-refractivity contribution in [2.45, 2.75) is 6.36 Å². The van der Waals surface area contributed by atoms with Crippen LogP contribution in [0.1, 0.15) is 20.7 Å². The summed E-state index contributed by atoms with van der Waals surface area (Å²) in [5.41, 5.74) is 5.98. The van der Waals surface area contributed by atoms with E-state index in [1.165, 1.54) is 24.5 Å². The maximum atomic E-state index is 12.5. The lowest BCUT2D eigenvalue weighted by Crippen LogP contribution is -2.17. The molecular weight excluding hydrogens is 439 g/mol. The van der Waals surface area contributed by atoms with E-state index in [9.17, 15) is 22.8 Å². The molecule has 31 heavy (non-hydrogen) atoms. The normalized spacial score (nSPS) is 11.1. The van der Waals surface area contributed by atoms with Gasteiger partial charge in [-0.1, -0.05) is 12.1 Å². The molecule has 1 heterocycles. The van der Waals surface area contributed by atoms with E-state index in [1.54, 1.807) is 12.1 Å². The third kappa shape index (κ3) is 5.66. The zero-order chi connectivity index (χ0) is 22.6. The Balaban J connectivity index is 1.94. The van der Waals surface area contributed by atoms with Gasteiger partial charge in [-0.25, -0.2) is 9.97 Å². The van der Waals surface area contributed by atoms with Crippen LogP contribution in [0.5, 0.6) is 5.75 Å². The minimum Gasteiger partial charge on any atom is -0.406 e. The molecule has 2 aromatic carbocycles. The summed E-state index contributed by atoms with van der Waals surface area (Å²) in [4.78, 5) is 35.7. The molecule has 1 amide bonds. The molecule has 3 N–H and O–H groups in total. The monoisotopic (exact) mass is 451 g/mol. The van der Waals surface area contributed by atoms with Crippen LogP contribution in [0.3, 0.4) is 0 Å². The van der Waals surface area contributed by atoms with E-state index in [0.29, 0.717) is 5.56 Å². The highest BCUT2D eigenvalue weighted by Crippen LogP contribution is 2.29. The predicted octanol–water partition coefficient (Wildman–Crippen LogP) is 3.70. The van der Waals surface area contributed by atoms with E-state index in [0.717, 1.165) is 12.1 Å². The van der Waals surface area contributed by atoms with Crippen molar-refractivity contribution in [2.75, 3.05) is 11.2 Å². The fourth-order valence-electron chi connectivity index (χ4n) is 2.56. The molecule has 3 aromatic rings. The Hall–Kier alpha value is -3.73. The van der Waals surface area contributed by atoms with Gasteiger partial charge in [0.2, 0.25) is 11.9 Å². The van der Waals surface area contributed by atoms with Crippen LogP contribution in [-0.2, 0) is 0 Å². The number of nitrogens with one attached hydrogen (secondary N) is 1. The van der Waals surface area contributed by atoms with Crippen molar-refractivity contribution in [2.24, 2.45) is 5.73 Å². The maximum Gasteiger partial charge on any atom is 0.573 e. The highest BCUT2D eigenvalue weighted by Gasteiger charge is 2.31. The van der Waals surface area contributed by atoms with E-state index in [2.05, 4.69) is 25.0 Å². The maximum absolute atomic E-state index is 12.5. The van der Waals surface area contributed by atoms with Gasteiger partial charge in [0.15, 0.2) is 11.6 Å². The van der Waals surface area contributed by atoms with Crippen LogP contribution in [0.2, 0.25) is 0 Å². The average molecular weight is 452 g/mol. The van der Waals surface area contributed by atoms with Gasteiger partial charge in [0.05, 0.1) is 11.6 Å². The van der Waals surface area contributed by atoms with Crippen molar-refractivity contribution in [1.29, 1.82) is 0 Å². The molecule has 0 saturated carbocycles. The molecule has 0 radical (unpaired) electrons. The van der Waals surface area contributed by atoms with Crippen LogP contribution in [0.15, 0.2) is 48.8 Å². The van der Waals surface area contributed by atoms with Crippen LogP contribution in [-0.4, -0.2) is 38.9 Å². The Labute approximate surface area is 178 Å². The van der Waals surface area contributed by atoms with Gasteiger partial charge in [-0.3, -0.25) is 9.59 Å². The zero-order valence-electron chi connectivity index (χ0n) is 15.5. The van der Waals surface area contributed by atoms with Crippen LogP contribution in [0, 0.1) is 0 Å². The van der Waals surface area contributed by atoms with Gasteiger partial charge in [-0.15, -0.1) is 24.8 Å². The quantitative estimate of drug-likeness (QED) is 0.415. The number of nitrogens with two attached hydrogens (primary N) is 1. The molecule has 0 aliphatic heterocycles. The highest BCUT2D eigenvalue weighted by atomic mass is 35.5. The first-order chi connectivity index (χ1) is 14.7. The van der Waals surface area contributed by atoms with E-state index in [1.807, 2.05) is 0 Å². The first-order valence-electron chi connectivity index (χ1n) is 8.51. The summed E-state index contributed by atoms with van der Waals surface area (Å²) in [6.07, 6.45) is -3.73. The summed E-state index contributed by atoms with van der Waals surface area (Å²) in [5, 5.41) is 2.76. The number of benzene rings is 2. The summed E-state index contributed by atoms with van der Waals surface area (Å²) < 4.78 is 41.3. The van der Waals surface area contributed by atoms with Crippen LogP contribution in [0.4, 0.5) is 24.8 Å². The number of rotatable bonds is 7. The van der Waals surface area contributed by atoms with E-state index < -0.39 is 29.7 Å². The predicted molar refractivity (Wildman–Crippen MR) is 105 cm³/mol. The van der Waals surface area contributed by atoms with Crippen molar-refractivity contribution in [3.05, 3.63) is 59.9 Å². The minimum absolute atomic E-state index is 0.00240. The molecule has 0 unspecified atom stereocenters. The average Bonchev–Trinajstić information content (AvgIpc) is 2.73. The molecule has 3 rings (SSSR count). The topological polar surface area (TPSA) is 120 Å².